The Hall–Kier alpha value is -1.81. The number of rotatable bonds is 4. The summed E-state index contributed by atoms with van der Waals surface area (Å²) in [6, 6.07) is 14.6. The van der Waals surface area contributed by atoms with E-state index >= 15 is 0 Å². The zero-order valence-corrected chi connectivity index (χ0v) is 13.7. The van der Waals surface area contributed by atoms with E-state index in [-0.39, 0.29) is 17.7 Å². The van der Waals surface area contributed by atoms with E-state index in [2.05, 4.69) is 15.9 Å². The quantitative estimate of drug-likeness (QED) is 0.910. The molecule has 0 fully saturated rings. The third kappa shape index (κ3) is 3.85. The molecule has 0 aliphatic carbocycles. The molecule has 0 saturated carbocycles. The number of phenols is 1. The van der Waals surface area contributed by atoms with E-state index < -0.39 is 0 Å². The van der Waals surface area contributed by atoms with Gasteiger partial charge in [-0.25, -0.2) is 0 Å². The molecule has 0 heterocycles. The third-order valence-electron chi connectivity index (χ3n) is 3.63. The van der Waals surface area contributed by atoms with Crippen molar-refractivity contribution >= 4 is 21.8 Å². The Morgan fingerprint density at radius 1 is 1.19 bits per heavy atom. The van der Waals surface area contributed by atoms with Crippen LogP contribution in [-0.4, -0.2) is 23.0 Å². The Morgan fingerprint density at radius 3 is 2.43 bits per heavy atom. The third-order valence-corrected chi connectivity index (χ3v) is 4.16. The average molecular weight is 348 g/mol. The highest BCUT2D eigenvalue weighted by molar-refractivity contribution is 9.10. The second-order valence-electron chi connectivity index (χ2n) is 5.04. The summed E-state index contributed by atoms with van der Waals surface area (Å²) in [7, 11) is 1.76. The van der Waals surface area contributed by atoms with Gasteiger partial charge in [0.15, 0.2) is 0 Å². The van der Waals surface area contributed by atoms with Gasteiger partial charge in [0.25, 0.3) is 0 Å². The van der Waals surface area contributed by atoms with Crippen LogP contribution < -0.4 is 0 Å². The van der Waals surface area contributed by atoms with Crippen molar-refractivity contribution in [2.24, 2.45) is 0 Å². The molecule has 21 heavy (non-hydrogen) atoms. The summed E-state index contributed by atoms with van der Waals surface area (Å²) in [4.78, 5) is 14.0. The Labute approximate surface area is 133 Å². The zero-order chi connectivity index (χ0) is 15.4. The number of benzene rings is 2. The Bertz CT molecular complexity index is 625. The van der Waals surface area contributed by atoms with Gasteiger partial charge in [-0.05, 0) is 30.7 Å². The van der Waals surface area contributed by atoms with Crippen molar-refractivity contribution in [3.05, 3.63) is 64.1 Å². The van der Waals surface area contributed by atoms with E-state index in [0.29, 0.717) is 6.42 Å². The van der Waals surface area contributed by atoms with Gasteiger partial charge in [-0.2, -0.15) is 0 Å². The highest BCUT2D eigenvalue weighted by atomic mass is 79.9. The fourth-order valence-electron chi connectivity index (χ4n) is 2.17. The number of carbonyl (C=O) groups is 1. The maximum atomic E-state index is 12.4. The minimum absolute atomic E-state index is 0.0214. The van der Waals surface area contributed by atoms with E-state index in [1.807, 2.05) is 43.3 Å². The number of hydrogen-bond donors (Lipinski definition) is 1. The number of carbonyl (C=O) groups excluding carboxylic acids is 1. The van der Waals surface area contributed by atoms with Crippen LogP contribution in [0, 0.1) is 0 Å². The number of nitrogens with zero attached hydrogens (tertiary/aromatic N) is 1. The molecule has 2 aromatic carbocycles. The second-order valence-corrected chi connectivity index (χ2v) is 5.96. The molecule has 1 unspecified atom stereocenters. The smallest absolute Gasteiger partial charge is 0.227 e. The fourth-order valence-corrected chi connectivity index (χ4v) is 2.43. The average Bonchev–Trinajstić information content (AvgIpc) is 2.48. The summed E-state index contributed by atoms with van der Waals surface area (Å²) in [5, 5.41) is 9.89. The molecule has 0 aliphatic rings. The maximum Gasteiger partial charge on any atom is 0.227 e. The first kappa shape index (κ1) is 15.6. The lowest BCUT2D eigenvalue weighted by Crippen LogP contribution is -2.31. The largest absolute Gasteiger partial charge is 0.508 e. The highest BCUT2D eigenvalue weighted by Crippen LogP contribution is 2.27. The van der Waals surface area contributed by atoms with Crippen LogP contribution in [0.4, 0.5) is 0 Å². The molecule has 0 spiro atoms. The van der Waals surface area contributed by atoms with Crippen molar-refractivity contribution in [1.29, 1.82) is 0 Å². The number of para-hydroxylation sites is 1. The van der Waals surface area contributed by atoms with Crippen molar-refractivity contribution in [3.8, 4) is 5.75 Å². The number of likely N-dealkylation sites (N-methyl/N-ethyl adjacent to an activating group) is 1. The van der Waals surface area contributed by atoms with Gasteiger partial charge in [0.2, 0.25) is 5.91 Å². The Morgan fingerprint density at radius 2 is 1.81 bits per heavy atom. The minimum atomic E-state index is -0.172. The molecule has 2 aromatic rings. The first-order valence-corrected chi connectivity index (χ1v) is 7.56. The molecule has 1 N–H and O–H groups in total. The van der Waals surface area contributed by atoms with Gasteiger partial charge in [0.05, 0.1) is 12.5 Å². The molecular weight excluding hydrogens is 330 g/mol. The molecule has 0 bridgehead atoms. The first-order valence-electron chi connectivity index (χ1n) is 6.77. The Kier molecular flexibility index (Phi) is 5.02. The highest BCUT2D eigenvalue weighted by Gasteiger charge is 2.19. The van der Waals surface area contributed by atoms with Gasteiger partial charge in [-0.3, -0.25) is 4.79 Å². The fraction of sp³-hybridized carbons (Fsp3) is 0.235. The van der Waals surface area contributed by atoms with Gasteiger partial charge in [-0.1, -0.05) is 46.3 Å². The summed E-state index contributed by atoms with van der Waals surface area (Å²) < 4.78 is 0.995. The van der Waals surface area contributed by atoms with Crippen LogP contribution in [0.5, 0.6) is 5.75 Å². The summed E-state index contributed by atoms with van der Waals surface area (Å²) in [6.45, 7) is 1.91. The lowest BCUT2D eigenvalue weighted by molar-refractivity contribution is -0.131. The summed E-state index contributed by atoms with van der Waals surface area (Å²) in [6.07, 6.45) is 0.349. The molecule has 3 nitrogen and oxygen atoms in total. The molecule has 0 aliphatic heterocycles. The normalized spacial score (nSPS) is 12.0. The maximum absolute atomic E-state index is 12.4. The van der Waals surface area contributed by atoms with Gasteiger partial charge in [-0.15, -0.1) is 0 Å². The van der Waals surface area contributed by atoms with Gasteiger partial charge < -0.3 is 10.0 Å². The van der Waals surface area contributed by atoms with E-state index in [4.69, 9.17) is 0 Å². The van der Waals surface area contributed by atoms with Crippen molar-refractivity contribution in [2.45, 2.75) is 19.4 Å². The molecule has 110 valence electrons. The van der Waals surface area contributed by atoms with Crippen LogP contribution in [0.15, 0.2) is 53.0 Å². The monoisotopic (exact) mass is 347 g/mol. The first-order chi connectivity index (χ1) is 9.99. The van der Waals surface area contributed by atoms with Crippen LogP contribution in [-0.2, 0) is 11.2 Å². The SMILES string of the molecule is CC(c1ccccc1O)N(C)C(=O)Cc1ccc(Br)cc1. The number of amides is 1. The molecule has 0 radical (unpaired) electrons. The van der Waals surface area contributed by atoms with Gasteiger partial charge in [0, 0.05) is 17.1 Å². The van der Waals surface area contributed by atoms with Crippen LogP contribution in [0.25, 0.3) is 0 Å². The van der Waals surface area contributed by atoms with Crippen LogP contribution in [0.2, 0.25) is 0 Å². The van der Waals surface area contributed by atoms with Crippen LogP contribution in [0.3, 0.4) is 0 Å². The molecule has 1 atom stereocenters. The van der Waals surface area contributed by atoms with Crippen molar-refractivity contribution in [1.82, 2.24) is 4.90 Å². The number of phenolic OH excluding ortho intramolecular Hbond substituents is 1. The minimum Gasteiger partial charge on any atom is -0.508 e. The van der Waals surface area contributed by atoms with Gasteiger partial charge in [0.1, 0.15) is 5.75 Å². The van der Waals surface area contributed by atoms with Gasteiger partial charge >= 0.3 is 0 Å². The Balaban J connectivity index is 2.08. The summed E-state index contributed by atoms with van der Waals surface area (Å²) in [5.41, 5.74) is 1.73. The summed E-state index contributed by atoms with van der Waals surface area (Å²) >= 11 is 3.38. The molecular formula is C17H18BrNO2. The van der Waals surface area contributed by atoms with Crippen molar-refractivity contribution in [2.75, 3.05) is 7.05 Å². The van der Waals surface area contributed by atoms with Crippen LogP contribution in [0.1, 0.15) is 24.1 Å². The predicted molar refractivity (Wildman–Crippen MR) is 87.1 cm³/mol. The molecule has 0 aromatic heterocycles. The van der Waals surface area contributed by atoms with E-state index in [0.717, 1.165) is 15.6 Å². The topological polar surface area (TPSA) is 40.5 Å². The molecule has 4 heteroatoms. The lowest BCUT2D eigenvalue weighted by Gasteiger charge is -2.26. The standard InChI is InChI=1S/C17H18BrNO2/c1-12(15-5-3-4-6-16(15)20)19(2)17(21)11-13-7-9-14(18)10-8-13/h3-10,12,20H,11H2,1-2H3. The number of halogens is 1. The molecule has 2 rings (SSSR count). The van der Waals surface area contributed by atoms with Crippen LogP contribution >= 0.6 is 15.9 Å². The predicted octanol–water partition coefficient (Wildman–Crippen LogP) is 3.92. The van der Waals surface area contributed by atoms with E-state index in [9.17, 15) is 9.90 Å². The summed E-state index contributed by atoms with van der Waals surface area (Å²) in [5.74, 6) is 0.237. The van der Waals surface area contributed by atoms with Crippen molar-refractivity contribution in [3.63, 3.8) is 0 Å². The molecule has 1 amide bonds. The van der Waals surface area contributed by atoms with E-state index in [1.165, 1.54) is 0 Å². The second kappa shape index (κ2) is 6.76. The zero-order valence-electron chi connectivity index (χ0n) is 12.1. The van der Waals surface area contributed by atoms with E-state index in [1.54, 1.807) is 24.1 Å². The number of aromatic hydroxyl groups is 1. The molecule has 0 saturated heterocycles. The number of hydrogen-bond acceptors (Lipinski definition) is 2. The van der Waals surface area contributed by atoms with Crippen molar-refractivity contribution < 1.29 is 9.90 Å². The lowest BCUT2D eigenvalue weighted by atomic mass is 10.0.